The number of hydrogen-bond acceptors (Lipinski definition) is 4. The lowest BCUT2D eigenvalue weighted by molar-refractivity contribution is 0.296. The number of benzene rings is 1. The van der Waals surface area contributed by atoms with Crippen molar-refractivity contribution in [2.24, 2.45) is 7.05 Å². The van der Waals surface area contributed by atoms with Gasteiger partial charge in [-0.05, 0) is 12.1 Å². The van der Waals surface area contributed by atoms with Crippen LogP contribution < -0.4 is 4.74 Å². The Morgan fingerprint density at radius 1 is 1.19 bits per heavy atom. The van der Waals surface area contributed by atoms with Gasteiger partial charge in [-0.3, -0.25) is 4.68 Å². The number of aromatic nitrogens is 4. The van der Waals surface area contributed by atoms with E-state index in [2.05, 4.69) is 15.1 Å². The molecule has 0 unspecified atom stereocenters. The first kappa shape index (κ1) is 13.6. The quantitative estimate of drug-likeness (QED) is 0.695. The highest BCUT2D eigenvalue weighted by atomic mass is 35.5. The molecule has 0 amide bonds. The normalized spacial score (nSPS) is 10.6. The van der Waals surface area contributed by atoms with Crippen LogP contribution >= 0.6 is 11.6 Å². The van der Waals surface area contributed by atoms with Gasteiger partial charge >= 0.3 is 0 Å². The van der Waals surface area contributed by atoms with Crippen LogP contribution in [0.15, 0.2) is 48.8 Å². The molecule has 3 aromatic rings. The summed E-state index contributed by atoms with van der Waals surface area (Å²) in [6.07, 6.45) is 3.61. The summed E-state index contributed by atoms with van der Waals surface area (Å²) in [6, 6.07) is 11.2. The van der Waals surface area contributed by atoms with Crippen LogP contribution in [0.3, 0.4) is 0 Å². The van der Waals surface area contributed by atoms with Crippen molar-refractivity contribution in [1.82, 2.24) is 19.7 Å². The molecule has 0 saturated heterocycles. The predicted molar refractivity (Wildman–Crippen MR) is 80.0 cm³/mol. The molecule has 0 saturated carbocycles. The van der Waals surface area contributed by atoms with E-state index in [0.29, 0.717) is 11.0 Å². The number of ether oxygens (including phenoxy) is 1. The fourth-order valence-corrected chi connectivity index (χ4v) is 2.10. The first-order valence-electron chi connectivity index (χ1n) is 6.41. The van der Waals surface area contributed by atoms with Crippen molar-refractivity contribution in [3.63, 3.8) is 0 Å². The Morgan fingerprint density at radius 3 is 2.71 bits per heavy atom. The summed E-state index contributed by atoms with van der Waals surface area (Å²) >= 11 is 6.05. The van der Waals surface area contributed by atoms with Gasteiger partial charge in [0.1, 0.15) is 17.5 Å². The van der Waals surface area contributed by atoms with Gasteiger partial charge in [0.25, 0.3) is 0 Å². The maximum absolute atomic E-state index is 6.05. The Hall–Kier alpha value is -2.40. The third-order valence-corrected chi connectivity index (χ3v) is 3.05. The molecule has 2 aromatic heterocycles. The molecule has 2 heterocycles. The van der Waals surface area contributed by atoms with Crippen molar-refractivity contribution in [2.75, 3.05) is 0 Å². The van der Waals surface area contributed by atoms with Crippen LogP contribution in [0.2, 0.25) is 5.15 Å². The molecule has 1 aromatic carbocycles. The molecular weight excluding hydrogens is 288 g/mol. The lowest BCUT2D eigenvalue weighted by atomic mass is 10.2. The van der Waals surface area contributed by atoms with Gasteiger partial charge in [0.2, 0.25) is 0 Å². The Labute approximate surface area is 127 Å². The smallest absolute Gasteiger partial charge is 0.168 e. The van der Waals surface area contributed by atoms with E-state index in [1.807, 2.05) is 43.6 Å². The second-order valence-electron chi connectivity index (χ2n) is 4.50. The molecule has 21 heavy (non-hydrogen) atoms. The lowest BCUT2D eigenvalue weighted by Crippen LogP contribution is -2.02. The molecule has 3 rings (SSSR count). The molecule has 0 aliphatic rings. The number of halogens is 1. The van der Waals surface area contributed by atoms with E-state index in [9.17, 15) is 0 Å². The van der Waals surface area contributed by atoms with Crippen molar-refractivity contribution < 1.29 is 4.74 Å². The second-order valence-corrected chi connectivity index (χ2v) is 4.88. The van der Waals surface area contributed by atoms with E-state index < -0.39 is 0 Å². The van der Waals surface area contributed by atoms with Gasteiger partial charge in [-0.2, -0.15) is 5.10 Å². The van der Waals surface area contributed by atoms with Gasteiger partial charge in [0.05, 0.1) is 11.9 Å². The fourth-order valence-electron chi connectivity index (χ4n) is 1.90. The maximum Gasteiger partial charge on any atom is 0.168 e. The molecule has 0 fully saturated rings. The first-order chi connectivity index (χ1) is 10.2. The molecule has 0 aliphatic heterocycles. The van der Waals surface area contributed by atoms with Crippen molar-refractivity contribution in [2.45, 2.75) is 6.61 Å². The Balaban J connectivity index is 1.81. The highest BCUT2D eigenvalue weighted by Gasteiger charge is 2.08. The third-order valence-electron chi connectivity index (χ3n) is 2.85. The van der Waals surface area contributed by atoms with E-state index >= 15 is 0 Å². The zero-order valence-corrected chi connectivity index (χ0v) is 12.2. The van der Waals surface area contributed by atoms with E-state index in [0.717, 1.165) is 17.0 Å². The summed E-state index contributed by atoms with van der Waals surface area (Å²) in [6.45, 7) is 0.262. The topological polar surface area (TPSA) is 52.8 Å². The summed E-state index contributed by atoms with van der Waals surface area (Å²) in [5.74, 6) is 1.30. The van der Waals surface area contributed by atoms with Crippen molar-refractivity contribution >= 4 is 11.6 Å². The lowest BCUT2D eigenvalue weighted by Gasteiger charge is -2.06. The summed E-state index contributed by atoms with van der Waals surface area (Å²) in [7, 11) is 1.85. The molecule has 0 aliphatic carbocycles. The average molecular weight is 301 g/mol. The van der Waals surface area contributed by atoms with Gasteiger partial charge in [-0.25, -0.2) is 9.97 Å². The molecular formula is C15H13ClN4O. The van der Waals surface area contributed by atoms with Crippen LogP contribution in [0.5, 0.6) is 5.75 Å². The fraction of sp³-hybridized carbons (Fsp3) is 0.133. The standard InChI is InChI=1S/C15H13ClN4O/c1-20-9-11(8-17-20)13-7-14(16)19-15(18-13)10-21-12-5-3-2-4-6-12/h2-9H,10H2,1H3. The second kappa shape index (κ2) is 5.93. The number of aryl methyl sites for hydroxylation is 1. The van der Waals surface area contributed by atoms with E-state index in [1.54, 1.807) is 16.9 Å². The molecule has 5 nitrogen and oxygen atoms in total. The van der Waals surface area contributed by atoms with Crippen LogP contribution in [0.25, 0.3) is 11.3 Å². The van der Waals surface area contributed by atoms with Gasteiger partial charge in [0.15, 0.2) is 5.82 Å². The van der Waals surface area contributed by atoms with Gasteiger partial charge < -0.3 is 4.74 Å². The zero-order valence-electron chi connectivity index (χ0n) is 11.4. The van der Waals surface area contributed by atoms with Crippen LogP contribution in [0.4, 0.5) is 0 Å². The minimum Gasteiger partial charge on any atom is -0.486 e. The summed E-state index contributed by atoms with van der Waals surface area (Å²) in [5, 5.41) is 4.51. The Bertz CT molecular complexity index is 742. The van der Waals surface area contributed by atoms with Crippen molar-refractivity contribution in [3.8, 4) is 17.0 Å². The van der Waals surface area contributed by atoms with Crippen LogP contribution in [0.1, 0.15) is 5.82 Å². The summed E-state index contributed by atoms with van der Waals surface area (Å²) < 4.78 is 7.35. The minimum absolute atomic E-state index is 0.262. The van der Waals surface area contributed by atoms with Crippen LogP contribution in [-0.2, 0) is 13.7 Å². The molecule has 0 atom stereocenters. The largest absolute Gasteiger partial charge is 0.486 e. The summed E-state index contributed by atoms with van der Waals surface area (Å²) in [5.41, 5.74) is 1.62. The average Bonchev–Trinajstić information content (AvgIpc) is 2.92. The molecule has 106 valence electrons. The highest BCUT2D eigenvalue weighted by Crippen LogP contribution is 2.20. The number of para-hydroxylation sites is 1. The maximum atomic E-state index is 6.05. The minimum atomic E-state index is 0.262. The van der Waals surface area contributed by atoms with E-state index in [1.165, 1.54) is 0 Å². The SMILES string of the molecule is Cn1cc(-c2cc(Cl)nc(COc3ccccc3)n2)cn1. The third kappa shape index (κ3) is 3.38. The summed E-state index contributed by atoms with van der Waals surface area (Å²) in [4.78, 5) is 8.64. The van der Waals surface area contributed by atoms with Crippen molar-refractivity contribution in [1.29, 1.82) is 0 Å². The van der Waals surface area contributed by atoms with E-state index in [4.69, 9.17) is 16.3 Å². The molecule has 0 N–H and O–H groups in total. The number of hydrogen-bond donors (Lipinski definition) is 0. The Kier molecular flexibility index (Phi) is 3.83. The first-order valence-corrected chi connectivity index (χ1v) is 6.79. The van der Waals surface area contributed by atoms with Gasteiger partial charge in [-0.1, -0.05) is 29.8 Å². The predicted octanol–water partition coefficient (Wildman–Crippen LogP) is 3.11. The molecule has 0 bridgehead atoms. The van der Waals surface area contributed by atoms with Crippen molar-refractivity contribution in [3.05, 3.63) is 59.8 Å². The Morgan fingerprint density at radius 2 is 2.00 bits per heavy atom. The molecule has 0 radical (unpaired) electrons. The van der Waals surface area contributed by atoms with Crippen LogP contribution in [-0.4, -0.2) is 19.7 Å². The molecule has 6 heteroatoms. The van der Waals surface area contributed by atoms with Crippen LogP contribution in [0, 0.1) is 0 Å². The molecule has 0 spiro atoms. The number of nitrogens with zero attached hydrogens (tertiary/aromatic N) is 4. The zero-order chi connectivity index (χ0) is 14.7. The van der Waals surface area contributed by atoms with Gasteiger partial charge in [0, 0.05) is 24.9 Å². The monoisotopic (exact) mass is 300 g/mol. The van der Waals surface area contributed by atoms with Gasteiger partial charge in [-0.15, -0.1) is 0 Å². The van der Waals surface area contributed by atoms with E-state index in [-0.39, 0.29) is 6.61 Å². The number of rotatable bonds is 4. The highest BCUT2D eigenvalue weighted by molar-refractivity contribution is 6.29.